The third-order valence-corrected chi connectivity index (χ3v) is 2.27. The highest BCUT2D eigenvalue weighted by atomic mass is 16.7. The number of methoxy groups -OCH3 is 1. The first kappa shape index (κ1) is 15.7. The summed E-state index contributed by atoms with van der Waals surface area (Å²) in [7, 11) is 1.55. The van der Waals surface area contributed by atoms with Crippen molar-refractivity contribution in [1.29, 1.82) is 0 Å². The van der Waals surface area contributed by atoms with Crippen molar-refractivity contribution in [3.63, 3.8) is 0 Å². The lowest BCUT2D eigenvalue weighted by atomic mass is 10.3. The summed E-state index contributed by atoms with van der Waals surface area (Å²) in [6, 6.07) is 7.05. The molecule has 1 aromatic carbocycles. The van der Waals surface area contributed by atoms with E-state index < -0.39 is 6.29 Å². The van der Waals surface area contributed by atoms with Gasteiger partial charge in [-0.15, -0.1) is 0 Å². The number of nitrogens with two attached hydrogens (primary N) is 1. The normalized spacial score (nSPS) is 12.3. The van der Waals surface area contributed by atoms with Crippen LogP contribution in [0.2, 0.25) is 0 Å². The van der Waals surface area contributed by atoms with Crippen molar-refractivity contribution in [2.24, 2.45) is 0 Å². The molecule has 0 spiro atoms. The lowest BCUT2D eigenvalue weighted by Crippen LogP contribution is -2.26. The summed E-state index contributed by atoms with van der Waals surface area (Å²) in [4.78, 5) is 0. The Morgan fingerprint density at radius 3 is 2.42 bits per heavy atom. The molecule has 108 valence electrons. The number of anilines is 1. The van der Waals surface area contributed by atoms with Crippen molar-refractivity contribution in [1.82, 2.24) is 0 Å². The van der Waals surface area contributed by atoms with Gasteiger partial charge in [0.2, 0.25) is 6.29 Å². The molecule has 0 amide bonds. The lowest BCUT2D eigenvalue weighted by Gasteiger charge is -2.17. The summed E-state index contributed by atoms with van der Waals surface area (Å²) in [6.07, 6.45) is -0.485. The summed E-state index contributed by atoms with van der Waals surface area (Å²) in [5, 5.41) is 8.52. The Bertz CT molecular complexity index is 330. The zero-order chi connectivity index (χ0) is 13.9. The highest BCUT2D eigenvalue weighted by Crippen LogP contribution is 2.15. The fourth-order valence-electron chi connectivity index (χ4n) is 1.31. The van der Waals surface area contributed by atoms with Gasteiger partial charge in [-0.2, -0.15) is 0 Å². The van der Waals surface area contributed by atoms with Gasteiger partial charge in [0.25, 0.3) is 0 Å². The first-order valence-electron chi connectivity index (χ1n) is 6.07. The molecule has 0 bridgehead atoms. The molecule has 0 heterocycles. The maximum absolute atomic E-state index is 8.52. The van der Waals surface area contributed by atoms with Gasteiger partial charge >= 0.3 is 0 Å². The molecule has 0 aliphatic rings. The second-order valence-corrected chi connectivity index (χ2v) is 3.76. The SMILES string of the molecule is COC(COCCOCCO)Oc1ccc(N)cc1. The van der Waals surface area contributed by atoms with Crippen molar-refractivity contribution in [2.45, 2.75) is 6.29 Å². The molecule has 1 rings (SSSR count). The van der Waals surface area contributed by atoms with Crippen molar-refractivity contribution in [3.8, 4) is 5.75 Å². The highest BCUT2D eigenvalue weighted by Gasteiger charge is 2.09. The summed E-state index contributed by atoms with van der Waals surface area (Å²) in [6.45, 7) is 1.48. The third kappa shape index (κ3) is 6.97. The number of rotatable bonds is 10. The minimum Gasteiger partial charge on any atom is -0.462 e. The van der Waals surface area contributed by atoms with E-state index in [1.807, 2.05) is 0 Å². The van der Waals surface area contributed by atoms with Gasteiger partial charge in [-0.05, 0) is 24.3 Å². The zero-order valence-corrected chi connectivity index (χ0v) is 11.1. The molecule has 1 aromatic rings. The third-order valence-electron chi connectivity index (χ3n) is 2.27. The molecule has 6 nitrogen and oxygen atoms in total. The number of ether oxygens (including phenoxy) is 4. The largest absolute Gasteiger partial charge is 0.462 e. The van der Waals surface area contributed by atoms with E-state index in [0.717, 1.165) is 0 Å². The average molecular weight is 271 g/mol. The molecule has 0 radical (unpaired) electrons. The van der Waals surface area contributed by atoms with E-state index in [1.54, 1.807) is 31.4 Å². The van der Waals surface area contributed by atoms with Crippen LogP contribution < -0.4 is 10.5 Å². The van der Waals surface area contributed by atoms with Crippen LogP contribution in [0.25, 0.3) is 0 Å². The van der Waals surface area contributed by atoms with Crippen molar-refractivity contribution in [2.75, 3.05) is 45.9 Å². The van der Waals surface area contributed by atoms with Gasteiger partial charge in [0.15, 0.2) is 0 Å². The van der Waals surface area contributed by atoms with E-state index in [-0.39, 0.29) is 6.61 Å². The van der Waals surface area contributed by atoms with Gasteiger partial charge in [-0.1, -0.05) is 0 Å². The predicted molar refractivity (Wildman–Crippen MR) is 71.0 cm³/mol. The molecule has 3 N–H and O–H groups in total. The second kappa shape index (κ2) is 9.57. The molecule has 0 fully saturated rings. The monoisotopic (exact) mass is 271 g/mol. The van der Waals surface area contributed by atoms with Crippen molar-refractivity contribution in [3.05, 3.63) is 24.3 Å². The van der Waals surface area contributed by atoms with Crippen LogP contribution in [0.15, 0.2) is 24.3 Å². The zero-order valence-electron chi connectivity index (χ0n) is 11.1. The van der Waals surface area contributed by atoms with Gasteiger partial charge in [-0.25, -0.2) is 0 Å². The van der Waals surface area contributed by atoms with Gasteiger partial charge < -0.3 is 29.8 Å². The van der Waals surface area contributed by atoms with Crippen LogP contribution in [-0.4, -0.2) is 51.5 Å². The lowest BCUT2D eigenvalue weighted by molar-refractivity contribution is -0.107. The van der Waals surface area contributed by atoms with Crippen LogP contribution in [0.5, 0.6) is 5.75 Å². The van der Waals surface area contributed by atoms with E-state index in [1.165, 1.54) is 0 Å². The first-order valence-corrected chi connectivity index (χ1v) is 6.07. The Kier molecular flexibility index (Phi) is 7.92. The molecule has 1 atom stereocenters. The molecular weight excluding hydrogens is 250 g/mol. The smallest absolute Gasteiger partial charge is 0.223 e. The number of benzene rings is 1. The van der Waals surface area contributed by atoms with Crippen LogP contribution in [0, 0.1) is 0 Å². The van der Waals surface area contributed by atoms with Gasteiger partial charge in [-0.3, -0.25) is 0 Å². The Hall–Kier alpha value is -1.34. The molecule has 0 aliphatic carbocycles. The van der Waals surface area contributed by atoms with Crippen molar-refractivity contribution >= 4 is 5.69 Å². The number of aliphatic hydroxyl groups is 1. The molecule has 6 heteroatoms. The van der Waals surface area contributed by atoms with E-state index in [4.69, 9.17) is 29.8 Å². The fourth-order valence-corrected chi connectivity index (χ4v) is 1.31. The number of hydrogen-bond acceptors (Lipinski definition) is 6. The summed E-state index contributed by atoms with van der Waals surface area (Å²) in [5.74, 6) is 0.668. The van der Waals surface area contributed by atoms with Crippen molar-refractivity contribution < 1.29 is 24.1 Å². The van der Waals surface area contributed by atoms with Crippen LogP contribution in [0.3, 0.4) is 0 Å². The predicted octanol–water partition coefficient (Wildman–Crippen LogP) is 0.646. The van der Waals surface area contributed by atoms with E-state index >= 15 is 0 Å². The Labute approximate surface area is 113 Å². The summed E-state index contributed by atoms with van der Waals surface area (Å²) in [5.41, 5.74) is 6.26. The molecular formula is C13H21NO5. The Morgan fingerprint density at radius 2 is 1.79 bits per heavy atom. The van der Waals surface area contributed by atoms with Crippen LogP contribution in [0.4, 0.5) is 5.69 Å². The van der Waals surface area contributed by atoms with E-state index in [9.17, 15) is 0 Å². The number of nitrogen functional groups attached to an aromatic ring is 1. The topological polar surface area (TPSA) is 83.2 Å². The molecule has 1 unspecified atom stereocenters. The van der Waals surface area contributed by atoms with Crippen LogP contribution in [0.1, 0.15) is 0 Å². The second-order valence-electron chi connectivity index (χ2n) is 3.76. The summed E-state index contributed by atoms with van der Waals surface area (Å²) >= 11 is 0. The minimum absolute atomic E-state index is 0.0148. The van der Waals surface area contributed by atoms with Crippen LogP contribution >= 0.6 is 0 Å². The molecule has 0 saturated heterocycles. The Balaban J connectivity index is 2.20. The molecule has 19 heavy (non-hydrogen) atoms. The average Bonchev–Trinajstić information content (AvgIpc) is 2.43. The minimum atomic E-state index is -0.485. The molecule has 0 saturated carbocycles. The summed E-state index contributed by atoms with van der Waals surface area (Å²) < 4.78 is 21.1. The van der Waals surface area contributed by atoms with Gasteiger partial charge in [0, 0.05) is 12.8 Å². The standard InChI is InChI=1S/C13H21NO5/c1-16-13(10-18-9-8-17-7-6-15)19-12-4-2-11(14)3-5-12/h2-5,13,15H,6-10,14H2,1H3. The van der Waals surface area contributed by atoms with Crippen LogP contribution in [-0.2, 0) is 14.2 Å². The fraction of sp³-hybridized carbons (Fsp3) is 0.538. The van der Waals surface area contributed by atoms with E-state index in [2.05, 4.69) is 0 Å². The highest BCUT2D eigenvalue weighted by molar-refractivity contribution is 5.41. The Morgan fingerprint density at radius 1 is 1.11 bits per heavy atom. The number of aliphatic hydroxyl groups excluding tert-OH is 1. The maximum Gasteiger partial charge on any atom is 0.223 e. The quantitative estimate of drug-likeness (QED) is 0.369. The number of hydrogen-bond donors (Lipinski definition) is 2. The molecule has 0 aromatic heterocycles. The molecule has 0 aliphatic heterocycles. The van der Waals surface area contributed by atoms with Gasteiger partial charge in [0.1, 0.15) is 12.4 Å². The maximum atomic E-state index is 8.52. The van der Waals surface area contributed by atoms with Gasteiger partial charge in [0.05, 0.1) is 26.4 Å². The van der Waals surface area contributed by atoms with E-state index in [0.29, 0.717) is 37.9 Å². The first-order chi connectivity index (χ1) is 9.26.